The summed E-state index contributed by atoms with van der Waals surface area (Å²) in [4.78, 5) is 13.3. The third kappa shape index (κ3) is 2.28. The fraction of sp³-hybridized carbons (Fsp3) is 0.174. The molecule has 0 saturated heterocycles. The highest BCUT2D eigenvalue weighted by molar-refractivity contribution is 6.07. The predicted octanol–water partition coefficient (Wildman–Crippen LogP) is 5.61. The summed E-state index contributed by atoms with van der Waals surface area (Å²) in [7, 11) is 0. The van der Waals surface area contributed by atoms with Crippen molar-refractivity contribution in [2.45, 2.75) is 26.7 Å². The highest BCUT2D eigenvalue weighted by Gasteiger charge is 2.34. The molecular weight excluding hydrogens is 292 g/mol. The number of carbonyl (C=O) groups excluding carboxylic acids is 1. The average molecular weight is 312 g/mol. The summed E-state index contributed by atoms with van der Waals surface area (Å²) >= 11 is 0. The Kier molecular flexibility index (Phi) is 3.38. The molecule has 1 aliphatic carbocycles. The van der Waals surface area contributed by atoms with Gasteiger partial charge in [-0.2, -0.15) is 0 Å². The molecule has 4 rings (SSSR count). The van der Waals surface area contributed by atoms with Gasteiger partial charge in [0.25, 0.3) is 0 Å². The Labute approximate surface area is 143 Å². The van der Waals surface area contributed by atoms with Crippen LogP contribution >= 0.6 is 0 Å². The smallest absolute Gasteiger partial charge is 0.174 e. The van der Waals surface area contributed by atoms with Crippen LogP contribution in [0.2, 0.25) is 0 Å². The van der Waals surface area contributed by atoms with Crippen LogP contribution in [0.3, 0.4) is 0 Å². The largest absolute Gasteiger partial charge is 0.293 e. The molecule has 0 spiro atoms. The number of benzene rings is 3. The van der Waals surface area contributed by atoms with Gasteiger partial charge in [-0.3, -0.25) is 4.79 Å². The molecule has 0 fully saturated rings. The molecule has 3 aromatic rings. The quantitative estimate of drug-likeness (QED) is 0.562. The van der Waals surface area contributed by atoms with E-state index in [2.05, 4.69) is 50.2 Å². The summed E-state index contributed by atoms with van der Waals surface area (Å²) in [6.45, 7) is 6.25. The molecule has 0 unspecified atom stereocenters. The minimum Gasteiger partial charge on any atom is -0.293 e. The molecule has 0 bridgehead atoms. The van der Waals surface area contributed by atoms with Gasteiger partial charge in [0.2, 0.25) is 0 Å². The lowest BCUT2D eigenvalue weighted by Crippen LogP contribution is -2.12. The Morgan fingerprint density at radius 3 is 1.62 bits per heavy atom. The zero-order chi connectivity index (χ0) is 16.8. The topological polar surface area (TPSA) is 17.1 Å². The zero-order valence-electron chi connectivity index (χ0n) is 14.3. The minimum absolute atomic E-state index is 0.183. The van der Waals surface area contributed by atoms with Gasteiger partial charge in [0.1, 0.15) is 0 Å². The molecule has 0 heterocycles. The number of ketones is 1. The van der Waals surface area contributed by atoms with Crippen LogP contribution in [0.15, 0.2) is 60.7 Å². The summed E-state index contributed by atoms with van der Waals surface area (Å²) in [6.07, 6.45) is 0. The molecule has 24 heavy (non-hydrogen) atoms. The normalized spacial score (nSPS) is 12.8. The maximum Gasteiger partial charge on any atom is 0.174 e. The van der Waals surface area contributed by atoms with Gasteiger partial charge in [-0.25, -0.2) is 0 Å². The van der Waals surface area contributed by atoms with Crippen molar-refractivity contribution < 1.29 is 4.79 Å². The zero-order valence-corrected chi connectivity index (χ0v) is 14.3. The summed E-state index contributed by atoms with van der Waals surface area (Å²) in [5.74, 6) is -0.0124. The summed E-state index contributed by atoms with van der Waals surface area (Å²) < 4.78 is 0. The van der Waals surface area contributed by atoms with Gasteiger partial charge in [0.05, 0.1) is 5.92 Å². The Balaban J connectivity index is 1.90. The van der Waals surface area contributed by atoms with Crippen molar-refractivity contribution in [1.82, 2.24) is 0 Å². The third-order valence-corrected chi connectivity index (χ3v) is 4.93. The molecule has 0 aliphatic heterocycles. The van der Waals surface area contributed by atoms with Gasteiger partial charge in [-0.1, -0.05) is 77.4 Å². The number of hydrogen-bond donors (Lipinski definition) is 0. The van der Waals surface area contributed by atoms with Gasteiger partial charge in [0.15, 0.2) is 5.78 Å². The first kappa shape index (κ1) is 14.9. The lowest BCUT2D eigenvalue weighted by atomic mass is 9.88. The molecule has 0 N–H and O–H groups in total. The van der Waals surface area contributed by atoms with E-state index in [0.29, 0.717) is 0 Å². The Morgan fingerprint density at radius 2 is 1.12 bits per heavy atom. The van der Waals surface area contributed by atoms with Crippen LogP contribution in [-0.2, 0) is 0 Å². The second kappa shape index (κ2) is 5.45. The fourth-order valence-corrected chi connectivity index (χ4v) is 3.64. The lowest BCUT2D eigenvalue weighted by Gasteiger charge is -2.13. The van der Waals surface area contributed by atoms with Crippen LogP contribution in [-0.4, -0.2) is 5.78 Å². The SMILES string of the molecule is Cc1ccc(C(=O)C2c3ccc(C)cc3-c3cc(C)ccc32)cc1. The maximum absolute atomic E-state index is 13.3. The van der Waals surface area contributed by atoms with Gasteiger partial charge in [-0.05, 0) is 43.0 Å². The van der Waals surface area contributed by atoms with Crippen LogP contribution in [0.5, 0.6) is 0 Å². The number of fused-ring (bicyclic) bond motifs is 3. The van der Waals surface area contributed by atoms with E-state index in [0.717, 1.165) is 16.7 Å². The Morgan fingerprint density at radius 1 is 0.667 bits per heavy atom. The van der Waals surface area contributed by atoms with E-state index < -0.39 is 0 Å². The number of aryl methyl sites for hydroxylation is 3. The molecule has 118 valence electrons. The van der Waals surface area contributed by atoms with Crippen molar-refractivity contribution in [3.05, 3.63) is 94.0 Å². The van der Waals surface area contributed by atoms with E-state index in [1.165, 1.54) is 27.8 Å². The summed E-state index contributed by atoms with van der Waals surface area (Å²) in [5, 5.41) is 0. The average Bonchev–Trinajstić information content (AvgIpc) is 2.88. The van der Waals surface area contributed by atoms with E-state index in [-0.39, 0.29) is 11.7 Å². The highest BCUT2D eigenvalue weighted by Crippen LogP contribution is 2.46. The minimum atomic E-state index is -0.195. The molecule has 1 heteroatoms. The molecule has 1 aliphatic rings. The van der Waals surface area contributed by atoms with E-state index in [1.807, 2.05) is 31.2 Å². The fourth-order valence-electron chi connectivity index (χ4n) is 3.64. The molecule has 0 saturated carbocycles. The van der Waals surface area contributed by atoms with Crippen molar-refractivity contribution in [1.29, 1.82) is 0 Å². The molecule has 0 atom stereocenters. The Bertz CT molecular complexity index is 897. The first-order chi connectivity index (χ1) is 11.5. The first-order valence-electron chi connectivity index (χ1n) is 8.37. The second-order valence-corrected chi connectivity index (χ2v) is 6.84. The standard InChI is InChI=1S/C23H20O/c1-14-4-8-17(9-5-14)23(24)22-18-10-6-15(2)12-20(18)21-13-16(3)7-11-19(21)22/h4-13,22H,1-3H3. The van der Waals surface area contributed by atoms with E-state index in [4.69, 9.17) is 0 Å². The lowest BCUT2D eigenvalue weighted by molar-refractivity contribution is 0.0975. The van der Waals surface area contributed by atoms with Gasteiger partial charge in [0, 0.05) is 5.56 Å². The van der Waals surface area contributed by atoms with E-state index >= 15 is 0 Å². The number of rotatable bonds is 2. The second-order valence-electron chi connectivity index (χ2n) is 6.84. The van der Waals surface area contributed by atoms with Crippen LogP contribution in [0.1, 0.15) is 44.1 Å². The summed E-state index contributed by atoms with van der Waals surface area (Å²) in [5.41, 5.74) is 9.08. The molecule has 0 aromatic heterocycles. The molecule has 0 radical (unpaired) electrons. The van der Waals surface area contributed by atoms with E-state index in [1.54, 1.807) is 0 Å². The Hall–Kier alpha value is -2.67. The van der Waals surface area contributed by atoms with Crippen LogP contribution in [0, 0.1) is 20.8 Å². The van der Waals surface area contributed by atoms with Crippen LogP contribution < -0.4 is 0 Å². The van der Waals surface area contributed by atoms with Gasteiger partial charge in [-0.15, -0.1) is 0 Å². The molecule has 3 aromatic carbocycles. The van der Waals surface area contributed by atoms with Crippen molar-refractivity contribution in [2.24, 2.45) is 0 Å². The van der Waals surface area contributed by atoms with Gasteiger partial charge < -0.3 is 0 Å². The highest BCUT2D eigenvalue weighted by atomic mass is 16.1. The monoisotopic (exact) mass is 312 g/mol. The van der Waals surface area contributed by atoms with E-state index in [9.17, 15) is 4.79 Å². The maximum atomic E-state index is 13.3. The van der Waals surface area contributed by atoms with Crippen LogP contribution in [0.4, 0.5) is 0 Å². The number of Topliss-reactive ketones (excluding diaryl/α,β-unsaturated/α-hetero) is 1. The van der Waals surface area contributed by atoms with Crippen LogP contribution in [0.25, 0.3) is 11.1 Å². The van der Waals surface area contributed by atoms with Gasteiger partial charge >= 0.3 is 0 Å². The number of carbonyl (C=O) groups is 1. The first-order valence-corrected chi connectivity index (χ1v) is 8.37. The molecular formula is C23H20O. The molecule has 0 amide bonds. The van der Waals surface area contributed by atoms with Crippen molar-refractivity contribution in [3.63, 3.8) is 0 Å². The van der Waals surface area contributed by atoms with Crippen molar-refractivity contribution in [2.75, 3.05) is 0 Å². The number of hydrogen-bond acceptors (Lipinski definition) is 1. The van der Waals surface area contributed by atoms with Crippen molar-refractivity contribution >= 4 is 5.78 Å². The summed E-state index contributed by atoms with van der Waals surface area (Å²) in [6, 6.07) is 20.8. The molecule has 1 nitrogen and oxygen atoms in total. The predicted molar refractivity (Wildman–Crippen MR) is 98.7 cm³/mol. The third-order valence-electron chi connectivity index (χ3n) is 4.93. The van der Waals surface area contributed by atoms with Crippen molar-refractivity contribution in [3.8, 4) is 11.1 Å².